The van der Waals surface area contributed by atoms with Gasteiger partial charge in [0.2, 0.25) is 10.0 Å². The van der Waals surface area contributed by atoms with Crippen molar-refractivity contribution < 1.29 is 8.42 Å². The lowest BCUT2D eigenvalue weighted by Crippen LogP contribution is -2.47. The highest BCUT2D eigenvalue weighted by Gasteiger charge is 2.24. The van der Waals surface area contributed by atoms with Gasteiger partial charge in [-0.2, -0.15) is 0 Å². The van der Waals surface area contributed by atoms with Crippen LogP contribution in [0.4, 0.5) is 0 Å². The molecule has 0 spiro atoms. The largest absolute Gasteiger partial charge is 0.330 e. The highest BCUT2D eigenvalue weighted by atomic mass is 32.2. The molecule has 1 atom stereocenters. The van der Waals surface area contributed by atoms with Gasteiger partial charge in [0.05, 0.1) is 6.26 Å². The van der Waals surface area contributed by atoms with Crippen LogP contribution in [0.2, 0.25) is 0 Å². The monoisotopic (exact) mass is 344 g/mol. The van der Waals surface area contributed by atoms with Crippen LogP contribution >= 0.6 is 0 Å². The summed E-state index contributed by atoms with van der Waals surface area (Å²) in [6, 6.07) is 1.54. The number of nitrogens with zero attached hydrogens (tertiary/aromatic N) is 3. The number of piperidine rings is 1. The van der Waals surface area contributed by atoms with Crippen molar-refractivity contribution in [2.24, 2.45) is 14.1 Å². The van der Waals surface area contributed by atoms with E-state index in [1.165, 1.54) is 17.7 Å². The normalized spacial score (nSPS) is 19.9. The first kappa shape index (κ1) is 17.9. The summed E-state index contributed by atoms with van der Waals surface area (Å²) in [5.74, 6) is 0. The Labute approximate surface area is 135 Å². The quantitative estimate of drug-likeness (QED) is 0.739. The number of rotatable bonds is 5. The smallest absolute Gasteiger partial charge is 0.299 e. The minimum Gasteiger partial charge on any atom is -0.299 e. The van der Waals surface area contributed by atoms with Gasteiger partial charge in [-0.3, -0.25) is 18.8 Å². The van der Waals surface area contributed by atoms with E-state index in [1.54, 1.807) is 7.05 Å². The highest BCUT2D eigenvalue weighted by molar-refractivity contribution is 7.88. The molecule has 1 aromatic rings. The number of hydrogen-bond acceptors (Lipinski definition) is 5. The topological polar surface area (TPSA) is 93.4 Å². The molecule has 1 aromatic heterocycles. The van der Waals surface area contributed by atoms with E-state index in [1.807, 2.05) is 0 Å². The molecular weight excluding hydrogens is 320 g/mol. The van der Waals surface area contributed by atoms with Crippen molar-refractivity contribution in [2.75, 3.05) is 19.3 Å². The third-order valence-corrected chi connectivity index (χ3v) is 5.01. The zero-order valence-corrected chi connectivity index (χ0v) is 14.6. The number of aromatic nitrogens is 2. The van der Waals surface area contributed by atoms with Crippen molar-refractivity contribution in [1.82, 2.24) is 18.8 Å². The lowest BCUT2D eigenvalue weighted by atomic mass is 10.0. The maximum Gasteiger partial charge on any atom is 0.330 e. The molecular formula is C14H24N4O4S. The SMILES string of the molecule is Cn1c(CN2CCCC[C@@H]2CNS(C)(=O)=O)cc(=O)n(C)c1=O. The van der Waals surface area contributed by atoms with E-state index >= 15 is 0 Å². The first-order valence-electron chi connectivity index (χ1n) is 7.63. The third kappa shape index (κ3) is 4.52. The summed E-state index contributed by atoms with van der Waals surface area (Å²) in [7, 11) is -0.136. The van der Waals surface area contributed by atoms with E-state index in [9.17, 15) is 18.0 Å². The van der Waals surface area contributed by atoms with Crippen LogP contribution < -0.4 is 16.0 Å². The van der Waals surface area contributed by atoms with Gasteiger partial charge in [-0.15, -0.1) is 0 Å². The van der Waals surface area contributed by atoms with Crippen LogP contribution in [0.25, 0.3) is 0 Å². The standard InChI is InChI=1S/C14H24N4O4S/c1-16-12(8-13(19)17(2)14(16)20)10-18-7-5-4-6-11(18)9-15-23(3,21)22/h8,11,15H,4-7,9-10H2,1-3H3/t11-/m1/s1. The molecule has 1 aliphatic heterocycles. The van der Waals surface area contributed by atoms with E-state index in [0.717, 1.165) is 36.6 Å². The molecule has 1 N–H and O–H groups in total. The number of likely N-dealkylation sites (tertiary alicyclic amines) is 1. The predicted octanol–water partition coefficient (Wildman–Crippen LogP) is -1.01. The molecule has 0 aromatic carbocycles. The molecule has 1 fully saturated rings. The van der Waals surface area contributed by atoms with Gasteiger partial charge >= 0.3 is 5.69 Å². The summed E-state index contributed by atoms with van der Waals surface area (Å²) in [6.07, 6.45) is 4.10. The molecule has 1 aliphatic rings. The van der Waals surface area contributed by atoms with Crippen LogP contribution in [0.15, 0.2) is 15.7 Å². The Morgan fingerprint density at radius 1 is 1.22 bits per heavy atom. The van der Waals surface area contributed by atoms with Gasteiger partial charge in [-0.05, 0) is 19.4 Å². The maximum absolute atomic E-state index is 12.0. The fraction of sp³-hybridized carbons (Fsp3) is 0.714. The van der Waals surface area contributed by atoms with Crippen LogP contribution in [0.5, 0.6) is 0 Å². The summed E-state index contributed by atoms with van der Waals surface area (Å²) < 4.78 is 27.7. The summed E-state index contributed by atoms with van der Waals surface area (Å²) in [5, 5.41) is 0. The average Bonchev–Trinajstić information content (AvgIpc) is 2.49. The average molecular weight is 344 g/mol. The molecule has 130 valence electrons. The molecule has 0 amide bonds. The summed E-state index contributed by atoms with van der Waals surface area (Å²) in [6.45, 7) is 1.62. The van der Waals surface area contributed by atoms with Crippen molar-refractivity contribution in [3.63, 3.8) is 0 Å². The van der Waals surface area contributed by atoms with Crippen molar-refractivity contribution >= 4 is 10.0 Å². The van der Waals surface area contributed by atoms with Crippen molar-refractivity contribution in [3.05, 3.63) is 32.6 Å². The molecule has 8 nitrogen and oxygen atoms in total. The number of hydrogen-bond donors (Lipinski definition) is 1. The second-order valence-corrected chi connectivity index (χ2v) is 7.95. The van der Waals surface area contributed by atoms with Gasteiger partial charge < -0.3 is 0 Å². The summed E-state index contributed by atoms with van der Waals surface area (Å²) >= 11 is 0. The van der Waals surface area contributed by atoms with Crippen LogP contribution in [0, 0.1) is 0 Å². The van der Waals surface area contributed by atoms with Gasteiger partial charge in [0, 0.05) is 45.0 Å². The Morgan fingerprint density at radius 2 is 1.91 bits per heavy atom. The maximum atomic E-state index is 12.0. The Bertz CT molecular complexity index is 781. The molecule has 0 saturated carbocycles. The van der Waals surface area contributed by atoms with Gasteiger partial charge in [0.1, 0.15) is 0 Å². The molecule has 0 aliphatic carbocycles. The molecule has 9 heteroatoms. The Morgan fingerprint density at radius 3 is 2.57 bits per heavy atom. The first-order chi connectivity index (χ1) is 10.7. The number of sulfonamides is 1. The Balaban J connectivity index is 2.19. The third-order valence-electron chi connectivity index (χ3n) is 4.32. The summed E-state index contributed by atoms with van der Waals surface area (Å²) in [4.78, 5) is 26.0. The first-order valence-corrected chi connectivity index (χ1v) is 9.53. The van der Waals surface area contributed by atoms with Crippen LogP contribution in [-0.4, -0.2) is 47.8 Å². The van der Waals surface area contributed by atoms with E-state index in [0.29, 0.717) is 18.8 Å². The van der Waals surface area contributed by atoms with Gasteiger partial charge in [0.25, 0.3) is 5.56 Å². The second kappa shape index (κ2) is 6.98. The van der Waals surface area contributed by atoms with Gasteiger partial charge in [0.15, 0.2) is 0 Å². The Hall–Kier alpha value is -1.45. The molecule has 0 radical (unpaired) electrons. The van der Waals surface area contributed by atoms with Crippen LogP contribution in [0.3, 0.4) is 0 Å². The fourth-order valence-corrected chi connectivity index (χ4v) is 3.38. The highest BCUT2D eigenvalue weighted by Crippen LogP contribution is 2.18. The number of nitrogens with one attached hydrogen (secondary N) is 1. The minimum absolute atomic E-state index is 0.0673. The van der Waals surface area contributed by atoms with Crippen LogP contribution in [0.1, 0.15) is 25.0 Å². The molecule has 0 unspecified atom stereocenters. The zero-order chi connectivity index (χ0) is 17.2. The lowest BCUT2D eigenvalue weighted by Gasteiger charge is -2.36. The predicted molar refractivity (Wildman–Crippen MR) is 87.8 cm³/mol. The fourth-order valence-electron chi connectivity index (χ4n) is 2.88. The van der Waals surface area contributed by atoms with E-state index in [-0.39, 0.29) is 17.3 Å². The Kier molecular flexibility index (Phi) is 5.43. The molecule has 1 saturated heterocycles. The lowest BCUT2D eigenvalue weighted by molar-refractivity contribution is 0.138. The molecule has 0 bridgehead atoms. The molecule has 2 heterocycles. The second-order valence-electron chi connectivity index (χ2n) is 6.12. The van der Waals surface area contributed by atoms with E-state index in [4.69, 9.17) is 0 Å². The van der Waals surface area contributed by atoms with E-state index < -0.39 is 10.0 Å². The van der Waals surface area contributed by atoms with Crippen molar-refractivity contribution in [1.29, 1.82) is 0 Å². The van der Waals surface area contributed by atoms with Crippen molar-refractivity contribution in [2.45, 2.75) is 31.8 Å². The summed E-state index contributed by atoms with van der Waals surface area (Å²) in [5.41, 5.74) is -0.0365. The van der Waals surface area contributed by atoms with Crippen LogP contribution in [-0.2, 0) is 30.7 Å². The van der Waals surface area contributed by atoms with E-state index in [2.05, 4.69) is 9.62 Å². The van der Waals surface area contributed by atoms with Gasteiger partial charge in [-0.1, -0.05) is 6.42 Å². The minimum atomic E-state index is -3.23. The van der Waals surface area contributed by atoms with Crippen molar-refractivity contribution in [3.8, 4) is 0 Å². The molecule has 2 rings (SSSR count). The van der Waals surface area contributed by atoms with Gasteiger partial charge in [-0.25, -0.2) is 17.9 Å². The molecule has 23 heavy (non-hydrogen) atoms. The zero-order valence-electron chi connectivity index (χ0n) is 13.8.